The maximum absolute atomic E-state index is 13.3. The molecule has 0 unspecified atom stereocenters. The zero-order valence-corrected chi connectivity index (χ0v) is 33.8. The molecule has 0 saturated carbocycles. The molecule has 5 aromatic rings. The minimum Gasteiger partial charge on any atom is -0.488 e. The number of amides is 4. The van der Waals surface area contributed by atoms with Crippen LogP contribution in [0, 0.1) is 0 Å². The number of rotatable bonds is 14. The Labute approximate surface area is 344 Å². The third-order valence-electron chi connectivity index (χ3n) is 10.5. The number of hydrogen-bond acceptors (Lipinski definition) is 7. The van der Waals surface area contributed by atoms with E-state index in [1.807, 2.05) is 99.6 Å². The van der Waals surface area contributed by atoms with E-state index in [1.165, 1.54) is 0 Å². The predicted octanol–water partition coefficient (Wildman–Crippen LogP) is 9.26. The Hall–Kier alpha value is -5.94. The minimum absolute atomic E-state index is 0.0382. The molecule has 4 amide bonds. The largest absolute Gasteiger partial charge is 0.488 e. The van der Waals surface area contributed by atoms with Gasteiger partial charge >= 0.3 is 18.2 Å². The van der Waals surface area contributed by atoms with E-state index in [0.717, 1.165) is 55.5 Å². The van der Waals surface area contributed by atoms with Crippen LogP contribution in [0.15, 0.2) is 103 Å². The summed E-state index contributed by atoms with van der Waals surface area (Å²) in [7, 11) is 0. The summed E-state index contributed by atoms with van der Waals surface area (Å²) in [5, 5.41) is 11.0. The summed E-state index contributed by atoms with van der Waals surface area (Å²) in [5.74, 6) is 0.945. The Bertz CT molecular complexity index is 2230. The van der Waals surface area contributed by atoms with Crippen LogP contribution in [0.1, 0.15) is 67.7 Å². The first-order valence-electron chi connectivity index (χ1n) is 19.7. The molecule has 11 nitrogen and oxygen atoms in total. The number of nitrogens with one attached hydrogen (secondary N) is 3. The second-order valence-corrected chi connectivity index (χ2v) is 16.1. The fourth-order valence-electron chi connectivity index (χ4n) is 7.86. The number of carbonyl (C=O) groups excluding carboxylic acids is 3. The van der Waals surface area contributed by atoms with Gasteiger partial charge in [-0.1, -0.05) is 84.9 Å². The van der Waals surface area contributed by atoms with Gasteiger partial charge in [-0.2, -0.15) is 0 Å². The van der Waals surface area contributed by atoms with Crippen LogP contribution in [0.5, 0.6) is 5.75 Å². The molecule has 0 fully saturated rings. The molecule has 5 N–H and O–H groups in total. The maximum atomic E-state index is 13.3. The zero-order chi connectivity index (χ0) is 40.8. The van der Waals surface area contributed by atoms with E-state index in [-0.39, 0.29) is 24.5 Å². The van der Waals surface area contributed by atoms with E-state index in [9.17, 15) is 14.4 Å². The average molecular weight is 804 g/mol. The van der Waals surface area contributed by atoms with Crippen molar-refractivity contribution in [3.63, 3.8) is 0 Å². The number of nitrogens with two attached hydrogens (primary N) is 1. The van der Waals surface area contributed by atoms with Crippen molar-refractivity contribution in [1.82, 2.24) is 10.6 Å². The molecule has 1 aliphatic carbocycles. The number of anilines is 2. The quantitative estimate of drug-likeness (QED) is 0.0647. The molecule has 0 saturated heterocycles. The third kappa shape index (κ3) is 9.26. The van der Waals surface area contributed by atoms with E-state index in [4.69, 9.17) is 31.5 Å². The number of benzene rings is 5. The Morgan fingerprint density at radius 1 is 0.897 bits per heavy atom. The number of urea groups is 1. The highest BCUT2D eigenvalue weighted by molar-refractivity contribution is 6.19. The van der Waals surface area contributed by atoms with Crippen molar-refractivity contribution < 1.29 is 28.6 Å². The number of alkyl halides is 1. The summed E-state index contributed by atoms with van der Waals surface area (Å²) >= 11 is 6.44. The predicted molar refractivity (Wildman–Crippen MR) is 229 cm³/mol. The fraction of sp³-hybridized carbons (Fsp3) is 0.326. The molecule has 302 valence electrons. The number of fused-ring (bicyclic) bond motifs is 6. The van der Waals surface area contributed by atoms with Crippen LogP contribution in [0.3, 0.4) is 0 Å². The molecular formula is C46H50ClN5O6. The summed E-state index contributed by atoms with van der Waals surface area (Å²) in [6.45, 7) is 7.32. The summed E-state index contributed by atoms with van der Waals surface area (Å²) in [4.78, 5) is 39.4. The number of halogens is 1. The number of ether oxygens (including phenoxy) is 3. The lowest BCUT2D eigenvalue weighted by Crippen LogP contribution is -2.41. The first-order chi connectivity index (χ1) is 28.0. The molecule has 2 atom stereocenters. The van der Waals surface area contributed by atoms with Gasteiger partial charge in [0.1, 0.15) is 24.6 Å². The number of carbonyl (C=O) groups is 3. The zero-order valence-electron chi connectivity index (χ0n) is 33.1. The van der Waals surface area contributed by atoms with E-state index >= 15 is 0 Å². The van der Waals surface area contributed by atoms with Crippen molar-refractivity contribution in [2.45, 2.75) is 63.7 Å². The van der Waals surface area contributed by atoms with Gasteiger partial charge in [0.25, 0.3) is 0 Å². The number of alkyl carbamates (subject to hydrolysis) is 1. The van der Waals surface area contributed by atoms with Crippen molar-refractivity contribution in [2.75, 3.05) is 42.3 Å². The van der Waals surface area contributed by atoms with Crippen LogP contribution in [0.2, 0.25) is 0 Å². The fourth-order valence-corrected chi connectivity index (χ4v) is 8.11. The molecule has 12 heteroatoms. The first kappa shape index (κ1) is 40.3. The maximum Gasteiger partial charge on any atom is 0.414 e. The normalized spacial score (nSPS) is 14.9. The first-order valence-corrected chi connectivity index (χ1v) is 20.2. The van der Waals surface area contributed by atoms with Crippen molar-refractivity contribution in [3.8, 4) is 16.9 Å². The van der Waals surface area contributed by atoms with Gasteiger partial charge in [-0.05, 0) is 84.5 Å². The molecule has 2 aliphatic rings. The number of nitrogens with zero attached hydrogens (tertiary/aromatic N) is 1. The van der Waals surface area contributed by atoms with Gasteiger partial charge in [0.15, 0.2) is 0 Å². The van der Waals surface area contributed by atoms with Crippen molar-refractivity contribution in [2.24, 2.45) is 5.73 Å². The van der Waals surface area contributed by atoms with Gasteiger partial charge in [-0.25, -0.2) is 14.4 Å². The molecule has 5 aromatic carbocycles. The van der Waals surface area contributed by atoms with Gasteiger partial charge in [0, 0.05) is 60.5 Å². The second-order valence-electron chi connectivity index (χ2n) is 15.8. The molecule has 58 heavy (non-hydrogen) atoms. The Kier molecular flexibility index (Phi) is 12.3. The number of primary amides is 1. The second kappa shape index (κ2) is 17.7. The van der Waals surface area contributed by atoms with Gasteiger partial charge in [0.2, 0.25) is 0 Å². The van der Waals surface area contributed by atoms with Gasteiger partial charge in [-0.15, -0.1) is 11.6 Å². The van der Waals surface area contributed by atoms with E-state index in [0.29, 0.717) is 50.7 Å². The van der Waals surface area contributed by atoms with E-state index < -0.39 is 23.8 Å². The lowest BCUT2D eigenvalue weighted by atomic mass is 9.95. The van der Waals surface area contributed by atoms with E-state index in [2.05, 4.69) is 40.2 Å². The molecule has 0 radical (unpaired) electrons. The van der Waals surface area contributed by atoms with Crippen LogP contribution >= 0.6 is 11.6 Å². The summed E-state index contributed by atoms with van der Waals surface area (Å²) < 4.78 is 18.0. The minimum atomic E-state index is -0.642. The summed E-state index contributed by atoms with van der Waals surface area (Å²) in [6, 6.07) is 33.4. The number of hydrogen-bond donors (Lipinski definition) is 4. The summed E-state index contributed by atoms with van der Waals surface area (Å²) in [5.41, 5.74) is 12.8. The lowest BCUT2D eigenvalue weighted by Gasteiger charge is -2.25. The molecule has 7 rings (SSSR count). The SMILES string of the molecule is CC(C)(C)OC(=O)N1C[C@@H](CCl)c2c1cc(OCc1ccc(NC[C@H](CCCNC(N)=O)NC(=O)OCC3c4ccccc4-c4ccccc43)cc1)c1ccccc21. The van der Waals surface area contributed by atoms with Gasteiger partial charge in [0.05, 0.1) is 5.69 Å². The molecular weight excluding hydrogens is 754 g/mol. The smallest absolute Gasteiger partial charge is 0.414 e. The van der Waals surface area contributed by atoms with Gasteiger partial charge < -0.3 is 35.9 Å². The lowest BCUT2D eigenvalue weighted by molar-refractivity contribution is 0.0582. The Morgan fingerprint density at radius 3 is 2.21 bits per heavy atom. The van der Waals surface area contributed by atoms with Crippen LogP contribution in [0.25, 0.3) is 21.9 Å². The van der Waals surface area contributed by atoms with Crippen molar-refractivity contribution in [3.05, 3.63) is 125 Å². The van der Waals surface area contributed by atoms with Crippen molar-refractivity contribution >= 4 is 52.0 Å². The van der Waals surface area contributed by atoms with Crippen LogP contribution in [-0.2, 0) is 16.1 Å². The Balaban J connectivity index is 0.986. The Morgan fingerprint density at radius 2 is 1.55 bits per heavy atom. The van der Waals surface area contributed by atoms with Crippen molar-refractivity contribution in [1.29, 1.82) is 0 Å². The third-order valence-corrected chi connectivity index (χ3v) is 10.9. The highest BCUT2D eigenvalue weighted by Gasteiger charge is 2.37. The van der Waals surface area contributed by atoms with Crippen LogP contribution < -0.4 is 31.3 Å². The molecule has 1 heterocycles. The highest BCUT2D eigenvalue weighted by Crippen LogP contribution is 2.47. The van der Waals surface area contributed by atoms with E-state index in [1.54, 1.807) is 4.90 Å². The molecule has 0 aromatic heterocycles. The topological polar surface area (TPSA) is 144 Å². The molecule has 0 bridgehead atoms. The van der Waals surface area contributed by atoms with Crippen LogP contribution in [0.4, 0.5) is 25.8 Å². The molecule has 1 aliphatic heterocycles. The summed E-state index contributed by atoms with van der Waals surface area (Å²) in [6.07, 6.45) is 0.267. The average Bonchev–Trinajstić information content (AvgIpc) is 3.75. The van der Waals surface area contributed by atoms with Crippen LogP contribution in [-0.4, -0.2) is 62.0 Å². The highest BCUT2D eigenvalue weighted by atomic mass is 35.5. The molecule has 0 spiro atoms. The standard InChI is InChI=1S/C46H50ClN5O6/c1-46(2,3)58-45(55)52-26-30(24-47)42-38-17-9-8-16-37(38)41(23-40(42)52)56-27-29-18-20-31(21-19-29)50-25-32(11-10-22-49-43(48)53)51-44(54)57-28-39-35-14-6-4-12-33(35)34-13-5-7-15-36(34)39/h4-9,12-21,23,30,32,39,50H,10-11,22,24-28H2,1-3H3,(H,51,54)(H3,48,49,53)/t30-,32+/m1/s1. The van der Waals surface area contributed by atoms with Gasteiger partial charge in [-0.3, -0.25) is 4.90 Å². The monoisotopic (exact) mass is 803 g/mol.